The van der Waals surface area contributed by atoms with Crippen LogP contribution in [0.2, 0.25) is 0 Å². The monoisotopic (exact) mass is 385 g/mol. The smallest absolute Gasteiger partial charge is 0.359 e. The topological polar surface area (TPSA) is 88.1 Å². The first-order chi connectivity index (χ1) is 13.4. The van der Waals surface area contributed by atoms with Gasteiger partial charge in [-0.1, -0.05) is 46.7 Å². The molecule has 144 valence electrons. The number of benzene rings is 2. The van der Waals surface area contributed by atoms with Crippen molar-refractivity contribution in [2.24, 2.45) is 0 Å². The van der Waals surface area contributed by atoms with Crippen molar-refractivity contribution >= 4 is 5.97 Å². The zero-order valence-electron chi connectivity index (χ0n) is 14.7. The summed E-state index contributed by atoms with van der Waals surface area (Å²) in [5.41, 5.74) is 2.59. The van der Waals surface area contributed by atoms with Crippen LogP contribution in [-0.4, -0.2) is 32.4 Å². The van der Waals surface area contributed by atoms with Gasteiger partial charge in [-0.15, -0.1) is 0 Å². The first-order valence-electron chi connectivity index (χ1n) is 8.82. The van der Waals surface area contributed by atoms with Crippen molar-refractivity contribution in [3.8, 4) is 22.8 Å². The lowest BCUT2D eigenvalue weighted by Crippen LogP contribution is -2.09. The summed E-state index contributed by atoms with van der Waals surface area (Å²) in [5.74, 6) is -3.55. The molecule has 1 aliphatic carbocycles. The molecule has 1 atom stereocenters. The SMILES string of the molecule is O=C(O)c1[nH]nnc1Oc1ccc(-c2ccc(C3CCC(F)(F)C3)cc2)cc1. The Kier molecular flexibility index (Phi) is 4.54. The van der Waals surface area contributed by atoms with E-state index in [0.717, 1.165) is 16.7 Å². The van der Waals surface area contributed by atoms with Crippen LogP contribution in [0.3, 0.4) is 0 Å². The number of rotatable bonds is 5. The minimum Gasteiger partial charge on any atom is -0.476 e. The van der Waals surface area contributed by atoms with Gasteiger partial charge in [0.15, 0.2) is 0 Å². The summed E-state index contributed by atoms with van der Waals surface area (Å²) in [4.78, 5) is 11.0. The number of carboxylic acid groups (broad SMARTS) is 1. The predicted octanol–water partition coefficient (Wildman–Crippen LogP) is 4.87. The highest BCUT2D eigenvalue weighted by Gasteiger charge is 2.39. The molecule has 28 heavy (non-hydrogen) atoms. The second-order valence-corrected chi connectivity index (χ2v) is 6.84. The minimum absolute atomic E-state index is 0.0456. The van der Waals surface area contributed by atoms with E-state index in [-0.39, 0.29) is 30.3 Å². The van der Waals surface area contributed by atoms with Crippen molar-refractivity contribution in [3.05, 3.63) is 59.8 Å². The van der Waals surface area contributed by atoms with Crippen molar-refractivity contribution in [1.82, 2.24) is 15.4 Å². The summed E-state index contributed by atoms with van der Waals surface area (Å²) in [6.45, 7) is 0. The van der Waals surface area contributed by atoms with Crippen LogP contribution in [0.15, 0.2) is 48.5 Å². The summed E-state index contributed by atoms with van der Waals surface area (Å²) in [7, 11) is 0. The Labute approximate surface area is 159 Å². The Morgan fingerprint density at radius 2 is 1.75 bits per heavy atom. The van der Waals surface area contributed by atoms with Crippen LogP contribution >= 0.6 is 0 Å². The van der Waals surface area contributed by atoms with Crippen molar-refractivity contribution in [2.45, 2.75) is 31.1 Å². The summed E-state index contributed by atoms with van der Waals surface area (Å²) >= 11 is 0. The summed E-state index contributed by atoms with van der Waals surface area (Å²) in [5, 5.41) is 18.3. The first kappa shape index (κ1) is 18.1. The van der Waals surface area contributed by atoms with E-state index < -0.39 is 11.9 Å². The number of aromatic nitrogens is 3. The van der Waals surface area contributed by atoms with Gasteiger partial charge in [-0.25, -0.2) is 18.7 Å². The highest BCUT2D eigenvalue weighted by molar-refractivity contribution is 5.87. The van der Waals surface area contributed by atoms with Crippen LogP contribution in [0.1, 0.15) is 41.2 Å². The molecule has 1 saturated carbocycles. The molecule has 1 unspecified atom stereocenters. The maximum absolute atomic E-state index is 13.4. The van der Waals surface area contributed by atoms with Gasteiger partial charge in [-0.2, -0.15) is 0 Å². The highest BCUT2D eigenvalue weighted by atomic mass is 19.3. The molecular formula is C20H17F2N3O3. The second kappa shape index (κ2) is 7.03. The average Bonchev–Trinajstić information content (AvgIpc) is 3.29. The molecule has 1 aliphatic rings. The number of carboxylic acids is 1. The lowest BCUT2D eigenvalue weighted by atomic mass is 9.95. The Bertz CT molecular complexity index is 985. The lowest BCUT2D eigenvalue weighted by Gasteiger charge is -2.12. The minimum atomic E-state index is -2.55. The fourth-order valence-corrected chi connectivity index (χ4v) is 3.44. The third-order valence-electron chi connectivity index (χ3n) is 4.92. The molecule has 4 rings (SSSR count). The fourth-order valence-electron chi connectivity index (χ4n) is 3.44. The second-order valence-electron chi connectivity index (χ2n) is 6.84. The van der Waals surface area contributed by atoms with E-state index >= 15 is 0 Å². The zero-order chi connectivity index (χ0) is 19.7. The maximum atomic E-state index is 13.4. The summed E-state index contributed by atoms with van der Waals surface area (Å²) in [6.07, 6.45) is 0.382. The molecule has 0 radical (unpaired) electrons. The molecule has 0 saturated heterocycles. The van der Waals surface area contributed by atoms with Gasteiger partial charge in [-0.3, -0.25) is 0 Å². The number of hydrogen-bond donors (Lipinski definition) is 2. The highest BCUT2D eigenvalue weighted by Crippen LogP contribution is 2.44. The van der Waals surface area contributed by atoms with Gasteiger partial charge in [0.2, 0.25) is 11.6 Å². The van der Waals surface area contributed by atoms with Crippen LogP contribution in [0.5, 0.6) is 11.6 Å². The molecule has 2 N–H and O–H groups in total. The van der Waals surface area contributed by atoms with Gasteiger partial charge in [0.1, 0.15) is 5.75 Å². The van der Waals surface area contributed by atoms with Crippen molar-refractivity contribution in [1.29, 1.82) is 0 Å². The zero-order valence-corrected chi connectivity index (χ0v) is 14.7. The average molecular weight is 385 g/mol. The van der Waals surface area contributed by atoms with E-state index in [0.29, 0.717) is 12.2 Å². The number of alkyl halides is 2. The van der Waals surface area contributed by atoms with Crippen LogP contribution in [0.4, 0.5) is 8.78 Å². The van der Waals surface area contributed by atoms with Crippen LogP contribution in [0.25, 0.3) is 11.1 Å². The van der Waals surface area contributed by atoms with Crippen LogP contribution in [0, 0.1) is 0 Å². The first-order valence-corrected chi connectivity index (χ1v) is 8.82. The van der Waals surface area contributed by atoms with E-state index in [1.54, 1.807) is 12.1 Å². The number of aromatic amines is 1. The van der Waals surface area contributed by atoms with Gasteiger partial charge in [-0.05, 0) is 41.2 Å². The summed E-state index contributed by atoms with van der Waals surface area (Å²) in [6, 6.07) is 14.7. The van der Waals surface area contributed by atoms with Crippen molar-refractivity contribution in [3.63, 3.8) is 0 Å². The normalized spacial score (nSPS) is 18.1. The van der Waals surface area contributed by atoms with E-state index in [4.69, 9.17) is 9.84 Å². The number of carbonyl (C=O) groups is 1. The van der Waals surface area contributed by atoms with Crippen molar-refractivity contribution < 1.29 is 23.4 Å². The Balaban J connectivity index is 1.46. The summed E-state index contributed by atoms with van der Waals surface area (Å²) < 4.78 is 32.3. The number of halogens is 2. The molecule has 0 aliphatic heterocycles. The largest absolute Gasteiger partial charge is 0.476 e. The van der Waals surface area contributed by atoms with E-state index in [1.165, 1.54) is 0 Å². The molecule has 3 aromatic rings. The van der Waals surface area contributed by atoms with Gasteiger partial charge in [0.05, 0.1) is 0 Å². The van der Waals surface area contributed by atoms with Crippen LogP contribution in [-0.2, 0) is 0 Å². The lowest BCUT2D eigenvalue weighted by molar-refractivity contribution is 0.00775. The molecule has 6 nitrogen and oxygen atoms in total. The molecule has 1 aromatic heterocycles. The molecule has 0 bridgehead atoms. The standard InChI is InChI=1S/C20H17F2N3O3/c21-20(22)10-9-15(11-20)14-3-1-12(2-4-14)13-5-7-16(8-6-13)28-18-17(19(26)27)23-25-24-18/h1-8,15H,9-11H2,(H,26,27)(H,23,24,25). The number of nitrogens with zero attached hydrogens (tertiary/aromatic N) is 2. The molecule has 8 heteroatoms. The quantitative estimate of drug-likeness (QED) is 0.654. The number of hydrogen-bond acceptors (Lipinski definition) is 4. The molecule has 0 amide bonds. The number of ether oxygens (including phenoxy) is 1. The van der Waals surface area contributed by atoms with Gasteiger partial charge in [0.25, 0.3) is 5.88 Å². The van der Waals surface area contributed by atoms with E-state index in [9.17, 15) is 13.6 Å². The maximum Gasteiger partial charge on any atom is 0.359 e. The number of nitrogens with one attached hydrogen (secondary N) is 1. The number of H-pyrrole nitrogens is 1. The predicted molar refractivity (Wildman–Crippen MR) is 96.8 cm³/mol. The fraction of sp³-hybridized carbons (Fsp3) is 0.250. The van der Waals surface area contributed by atoms with Crippen molar-refractivity contribution in [2.75, 3.05) is 0 Å². The Hall–Kier alpha value is -3.29. The van der Waals surface area contributed by atoms with Gasteiger partial charge >= 0.3 is 5.97 Å². The third kappa shape index (κ3) is 3.71. The molecule has 1 heterocycles. The van der Waals surface area contributed by atoms with Gasteiger partial charge < -0.3 is 9.84 Å². The van der Waals surface area contributed by atoms with Gasteiger partial charge in [0, 0.05) is 12.8 Å². The Morgan fingerprint density at radius 3 is 2.32 bits per heavy atom. The van der Waals surface area contributed by atoms with Crippen LogP contribution < -0.4 is 4.74 Å². The molecule has 0 spiro atoms. The Morgan fingerprint density at radius 1 is 1.11 bits per heavy atom. The van der Waals surface area contributed by atoms with E-state index in [1.807, 2.05) is 36.4 Å². The third-order valence-corrected chi connectivity index (χ3v) is 4.92. The molecule has 2 aromatic carbocycles. The molecular weight excluding hydrogens is 368 g/mol. The molecule has 1 fully saturated rings. The number of aromatic carboxylic acids is 1. The van der Waals surface area contributed by atoms with E-state index in [2.05, 4.69) is 15.4 Å².